The molecule has 1 N–H and O–H groups in total. The molecule has 0 aliphatic rings. The zero-order chi connectivity index (χ0) is 10.7. The van der Waals surface area contributed by atoms with Crippen molar-refractivity contribution >= 4 is 23.1 Å². The minimum atomic E-state index is 0.216. The van der Waals surface area contributed by atoms with Crippen molar-refractivity contribution in [3.63, 3.8) is 0 Å². The van der Waals surface area contributed by atoms with Crippen molar-refractivity contribution < 1.29 is 0 Å². The van der Waals surface area contributed by atoms with Gasteiger partial charge in [-0.3, -0.25) is 0 Å². The fraction of sp³-hybridized carbons (Fsp3) is 0.500. The molecule has 0 saturated heterocycles. The first-order chi connectivity index (χ1) is 7.33. The highest BCUT2D eigenvalue weighted by Crippen LogP contribution is 2.07. The number of nitrogens with one attached hydrogen (secondary N) is 1. The van der Waals surface area contributed by atoms with Crippen molar-refractivity contribution in [1.82, 2.24) is 25.3 Å². The minimum Gasteiger partial charge on any atom is -0.365 e. The van der Waals surface area contributed by atoms with Gasteiger partial charge in [0.1, 0.15) is 5.82 Å². The molecule has 0 aliphatic heterocycles. The predicted molar refractivity (Wildman–Crippen MR) is 57.0 cm³/mol. The lowest BCUT2D eigenvalue weighted by Gasteiger charge is -2.13. The largest absolute Gasteiger partial charge is 0.365 e. The second-order valence-corrected chi connectivity index (χ2v) is 3.46. The summed E-state index contributed by atoms with van der Waals surface area (Å²) in [5.41, 5.74) is 0.625. The van der Waals surface area contributed by atoms with Gasteiger partial charge in [-0.25, -0.2) is 0 Å². The normalized spacial score (nSPS) is 12.9. The van der Waals surface area contributed by atoms with E-state index in [9.17, 15) is 0 Å². The Hall–Kier alpha value is -1.43. The Kier molecular flexibility index (Phi) is 2.96. The van der Waals surface area contributed by atoms with Crippen molar-refractivity contribution in [2.75, 3.05) is 11.2 Å². The highest BCUT2D eigenvalue weighted by molar-refractivity contribution is 6.18. The Balaban J connectivity index is 2.20. The molecule has 0 aromatic carbocycles. The fourth-order valence-corrected chi connectivity index (χ4v) is 1.48. The molecule has 0 amide bonds. The van der Waals surface area contributed by atoms with Gasteiger partial charge in [0.2, 0.25) is 0 Å². The molecule has 2 aromatic rings. The standard InChI is InChI=1S/C8H11ClN6/c1-2-6(5-9)10-7-3-4-8-11-13-14-15(8)12-7/h3-4,6H,2,5H2,1H3,(H,10,12). The molecule has 0 aliphatic carbocycles. The highest BCUT2D eigenvalue weighted by Gasteiger charge is 2.06. The number of tetrazole rings is 1. The number of hydrogen-bond donors (Lipinski definition) is 1. The lowest BCUT2D eigenvalue weighted by molar-refractivity contribution is 0.716. The van der Waals surface area contributed by atoms with Crippen molar-refractivity contribution in [3.8, 4) is 0 Å². The summed E-state index contributed by atoms with van der Waals surface area (Å²) in [6.45, 7) is 2.07. The number of hydrogen-bond acceptors (Lipinski definition) is 5. The molecule has 0 radical (unpaired) electrons. The molecule has 2 heterocycles. The molecule has 1 atom stereocenters. The maximum atomic E-state index is 5.78. The van der Waals surface area contributed by atoms with Gasteiger partial charge < -0.3 is 5.32 Å². The Morgan fingerprint density at radius 2 is 2.40 bits per heavy atom. The summed E-state index contributed by atoms with van der Waals surface area (Å²) in [4.78, 5) is 0. The van der Waals surface area contributed by atoms with Gasteiger partial charge in [0.15, 0.2) is 5.65 Å². The van der Waals surface area contributed by atoms with Crippen molar-refractivity contribution in [2.24, 2.45) is 0 Å². The van der Waals surface area contributed by atoms with Gasteiger partial charge in [-0.2, -0.15) is 0 Å². The van der Waals surface area contributed by atoms with E-state index in [0.29, 0.717) is 11.5 Å². The first-order valence-electron chi connectivity index (χ1n) is 4.71. The molecule has 0 saturated carbocycles. The van der Waals surface area contributed by atoms with E-state index in [1.165, 1.54) is 4.63 Å². The van der Waals surface area contributed by atoms with Crippen LogP contribution in [0.3, 0.4) is 0 Å². The van der Waals surface area contributed by atoms with Crippen LogP contribution in [0, 0.1) is 0 Å². The molecule has 2 aromatic heterocycles. The van der Waals surface area contributed by atoms with Crippen LogP contribution in [0.2, 0.25) is 0 Å². The van der Waals surface area contributed by atoms with E-state index in [1.807, 2.05) is 6.07 Å². The zero-order valence-electron chi connectivity index (χ0n) is 8.26. The lowest BCUT2D eigenvalue weighted by atomic mass is 10.2. The lowest BCUT2D eigenvalue weighted by Crippen LogP contribution is -2.21. The maximum absolute atomic E-state index is 5.78. The summed E-state index contributed by atoms with van der Waals surface area (Å²) in [6, 6.07) is 3.85. The van der Waals surface area contributed by atoms with Crippen LogP contribution in [0.5, 0.6) is 0 Å². The number of halogens is 1. The minimum absolute atomic E-state index is 0.216. The molecule has 0 fully saturated rings. The molecular weight excluding hydrogens is 216 g/mol. The summed E-state index contributed by atoms with van der Waals surface area (Å²) in [6.07, 6.45) is 0.943. The summed E-state index contributed by atoms with van der Waals surface area (Å²) in [5.74, 6) is 1.27. The molecule has 80 valence electrons. The third kappa shape index (κ3) is 2.15. The first-order valence-corrected chi connectivity index (χ1v) is 5.25. The third-order valence-corrected chi connectivity index (χ3v) is 2.47. The van der Waals surface area contributed by atoms with Crippen LogP contribution in [-0.4, -0.2) is 37.2 Å². The van der Waals surface area contributed by atoms with Gasteiger partial charge >= 0.3 is 0 Å². The molecule has 6 nitrogen and oxygen atoms in total. The van der Waals surface area contributed by atoms with E-state index in [0.717, 1.165) is 12.2 Å². The van der Waals surface area contributed by atoms with E-state index in [-0.39, 0.29) is 6.04 Å². The summed E-state index contributed by atoms with van der Waals surface area (Å²) >= 11 is 5.78. The fourth-order valence-electron chi connectivity index (χ4n) is 1.19. The average molecular weight is 227 g/mol. The monoisotopic (exact) mass is 226 g/mol. The molecule has 1 unspecified atom stereocenters. The van der Waals surface area contributed by atoms with E-state index < -0.39 is 0 Å². The van der Waals surface area contributed by atoms with Gasteiger partial charge in [-0.15, -0.1) is 26.4 Å². The van der Waals surface area contributed by atoms with Crippen LogP contribution in [0.25, 0.3) is 5.65 Å². The van der Waals surface area contributed by atoms with Gasteiger partial charge in [0, 0.05) is 11.9 Å². The van der Waals surface area contributed by atoms with E-state index in [2.05, 4.69) is 32.9 Å². The third-order valence-electron chi connectivity index (χ3n) is 2.10. The van der Waals surface area contributed by atoms with Gasteiger partial charge in [-0.1, -0.05) is 6.92 Å². The van der Waals surface area contributed by atoms with E-state index in [1.54, 1.807) is 6.07 Å². The van der Waals surface area contributed by atoms with Crippen LogP contribution in [0.4, 0.5) is 5.82 Å². The highest BCUT2D eigenvalue weighted by atomic mass is 35.5. The number of alkyl halides is 1. The van der Waals surface area contributed by atoms with E-state index in [4.69, 9.17) is 11.6 Å². The second-order valence-electron chi connectivity index (χ2n) is 3.15. The van der Waals surface area contributed by atoms with Gasteiger partial charge in [-0.05, 0) is 29.0 Å². The number of aromatic nitrogens is 5. The summed E-state index contributed by atoms with van der Waals surface area (Å²) in [5, 5.41) is 18.4. The molecule has 0 bridgehead atoms. The van der Waals surface area contributed by atoms with Crippen molar-refractivity contribution in [2.45, 2.75) is 19.4 Å². The number of fused-ring (bicyclic) bond motifs is 1. The Bertz CT molecular complexity index is 437. The van der Waals surface area contributed by atoms with Crippen molar-refractivity contribution in [3.05, 3.63) is 12.1 Å². The number of rotatable bonds is 4. The van der Waals surface area contributed by atoms with Crippen LogP contribution in [0.1, 0.15) is 13.3 Å². The van der Waals surface area contributed by atoms with E-state index >= 15 is 0 Å². The number of anilines is 1. The molecule has 15 heavy (non-hydrogen) atoms. The summed E-state index contributed by atoms with van der Waals surface area (Å²) in [7, 11) is 0. The number of nitrogens with zero attached hydrogens (tertiary/aromatic N) is 5. The van der Waals surface area contributed by atoms with Gasteiger partial charge in [0.25, 0.3) is 0 Å². The Morgan fingerprint density at radius 1 is 1.53 bits per heavy atom. The molecular formula is C8H11ClN6. The van der Waals surface area contributed by atoms with Crippen LogP contribution >= 0.6 is 11.6 Å². The van der Waals surface area contributed by atoms with Crippen LogP contribution < -0.4 is 5.32 Å². The molecule has 0 spiro atoms. The topological polar surface area (TPSA) is 68.0 Å². The van der Waals surface area contributed by atoms with Crippen LogP contribution in [-0.2, 0) is 0 Å². The average Bonchev–Trinajstić information content (AvgIpc) is 2.73. The Morgan fingerprint density at radius 3 is 3.13 bits per heavy atom. The predicted octanol–water partition coefficient (Wildman–Crippen LogP) is 0.949. The zero-order valence-corrected chi connectivity index (χ0v) is 9.02. The first kappa shape index (κ1) is 10.1. The Labute approximate surface area is 91.6 Å². The maximum Gasteiger partial charge on any atom is 0.200 e. The quantitative estimate of drug-likeness (QED) is 0.787. The van der Waals surface area contributed by atoms with Crippen LogP contribution in [0.15, 0.2) is 12.1 Å². The van der Waals surface area contributed by atoms with Gasteiger partial charge in [0.05, 0.1) is 0 Å². The second kappa shape index (κ2) is 4.39. The molecule has 7 heteroatoms. The van der Waals surface area contributed by atoms with Crippen molar-refractivity contribution in [1.29, 1.82) is 0 Å². The SMILES string of the molecule is CCC(CCl)Nc1ccc2nnnn2n1. The smallest absolute Gasteiger partial charge is 0.200 e. The molecule has 2 rings (SSSR count). The summed E-state index contributed by atoms with van der Waals surface area (Å²) < 4.78 is 1.38.